The Labute approximate surface area is 182 Å². The van der Waals surface area contributed by atoms with E-state index in [9.17, 15) is 4.39 Å². The Morgan fingerprint density at radius 2 is 1.67 bits per heavy atom. The minimum absolute atomic E-state index is 0.221. The molecule has 0 spiro atoms. The molecule has 0 bridgehead atoms. The van der Waals surface area contributed by atoms with E-state index in [-0.39, 0.29) is 5.82 Å². The van der Waals surface area contributed by atoms with E-state index in [1.807, 2.05) is 18.3 Å². The first-order valence-corrected chi connectivity index (χ1v) is 10.6. The summed E-state index contributed by atoms with van der Waals surface area (Å²) in [5.41, 5.74) is 3.33. The van der Waals surface area contributed by atoms with Crippen LogP contribution in [-0.4, -0.2) is 50.9 Å². The molecule has 0 radical (unpaired) electrons. The highest BCUT2D eigenvalue weighted by Crippen LogP contribution is 2.14. The van der Waals surface area contributed by atoms with Gasteiger partial charge < -0.3 is 10.2 Å². The molecule has 0 saturated carbocycles. The molecule has 1 aliphatic heterocycles. The van der Waals surface area contributed by atoms with Crippen LogP contribution in [0.2, 0.25) is 0 Å². The van der Waals surface area contributed by atoms with Gasteiger partial charge in [-0.2, -0.15) is 5.10 Å². The standard InChI is InChI=1S/C23H26FN5S/c1-18-6-2-3-7-19(18)16-27-12-14-28(15-13-27)23(30)25-22-10-11-29(26-22)17-20-8-4-5-9-21(20)24/h2-11H,12-17H2,1H3,(H,25,26,30). The first-order chi connectivity index (χ1) is 14.6. The summed E-state index contributed by atoms with van der Waals surface area (Å²) in [5, 5.41) is 8.38. The largest absolute Gasteiger partial charge is 0.346 e. The SMILES string of the molecule is Cc1ccccc1CN1CCN(C(=S)Nc2ccn(Cc3ccccc3F)n2)CC1. The van der Waals surface area contributed by atoms with E-state index in [1.54, 1.807) is 16.8 Å². The van der Waals surface area contributed by atoms with E-state index in [4.69, 9.17) is 12.2 Å². The number of nitrogens with one attached hydrogen (secondary N) is 1. The number of aromatic nitrogens is 2. The molecular formula is C23H26FN5S. The second kappa shape index (κ2) is 9.36. The van der Waals surface area contributed by atoms with Crippen molar-refractivity contribution in [3.05, 3.63) is 83.3 Å². The maximum absolute atomic E-state index is 13.8. The number of hydrogen-bond donors (Lipinski definition) is 1. The molecule has 0 aliphatic carbocycles. The Kier molecular flexibility index (Phi) is 6.40. The van der Waals surface area contributed by atoms with E-state index in [0.717, 1.165) is 32.7 Å². The van der Waals surface area contributed by atoms with Crippen molar-refractivity contribution in [2.75, 3.05) is 31.5 Å². The van der Waals surface area contributed by atoms with Crippen LogP contribution in [0.1, 0.15) is 16.7 Å². The predicted octanol–water partition coefficient (Wildman–Crippen LogP) is 3.89. The second-order valence-electron chi connectivity index (χ2n) is 7.61. The van der Waals surface area contributed by atoms with Gasteiger partial charge in [-0.05, 0) is 36.3 Å². The second-order valence-corrected chi connectivity index (χ2v) is 8.00. The number of halogens is 1. The number of nitrogens with zero attached hydrogens (tertiary/aromatic N) is 4. The zero-order valence-electron chi connectivity index (χ0n) is 17.1. The molecule has 5 nitrogen and oxygen atoms in total. The molecular weight excluding hydrogens is 397 g/mol. The molecule has 156 valence electrons. The third-order valence-electron chi connectivity index (χ3n) is 5.48. The number of benzene rings is 2. The van der Waals surface area contributed by atoms with Gasteiger partial charge in [-0.3, -0.25) is 9.58 Å². The molecule has 1 saturated heterocycles. The topological polar surface area (TPSA) is 36.3 Å². The summed E-state index contributed by atoms with van der Waals surface area (Å²) in [6, 6.07) is 17.2. The summed E-state index contributed by atoms with van der Waals surface area (Å²) in [6.07, 6.45) is 1.83. The first-order valence-electron chi connectivity index (χ1n) is 10.2. The molecule has 1 aliphatic rings. The van der Waals surface area contributed by atoms with E-state index in [0.29, 0.717) is 23.0 Å². The van der Waals surface area contributed by atoms with Crippen LogP contribution in [-0.2, 0) is 13.1 Å². The Bertz CT molecular complexity index is 1010. The van der Waals surface area contributed by atoms with Gasteiger partial charge in [-0.1, -0.05) is 42.5 Å². The summed E-state index contributed by atoms with van der Waals surface area (Å²) in [6.45, 7) is 7.23. The maximum Gasteiger partial charge on any atom is 0.174 e. The van der Waals surface area contributed by atoms with Crippen LogP contribution in [0, 0.1) is 12.7 Å². The van der Waals surface area contributed by atoms with Crippen molar-refractivity contribution in [3.63, 3.8) is 0 Å². The number of thiocarbonyl (C=S) groups is 1. The minimum atomic E-state index is -0.221. The molecule has 2 aromatic carbocycles. The monoisotopic (exact) mass is 423 g/mol. The summed E-state index contributed by atoms with van der Waals surface area (Å²) in [4.78, 5) is 4.64. The molecule has 1 aromatic heterocycles. The van der Waals surface area contributed by atoms with Gasteiger partial charge in [-0.15, -0.1) is 0 Å². The molecule has 0 amide bonds. The Morgan fingerprint density at radius 1 is 0.967 bits per heavy atom. The molecule has 0 atom stereocenters. The quantitative estimate of drug-likeness (QED) is 0.630. The van der Waals surface area contributed by atoms with Gasteiger partial charge in [0.05, 0.1) is 6.54 Å². The fourth-order valence-corrected chi connectivity index (χ4v) is 3.93. The average Bonchev–Trinajstić information content (AvgIpc) is 3.19. The van der Waals surface area contributed by atoms with Crippen LogP contribution in [0.4, 0.5) is 10.2 Å². The highest BCUT2D eigenvalue weighted by molar-refractivity contribution is 7.80. The number of anilines is 1. The summed E-state index contributed by atoms with van der Waals surface area (Å²) in [5.74, 6) is 0.459. The van der Waals surface area contributed by atoms with Crippen molar-refractivity contribution >= 4 is 23.1 Å². The van der Waals surface area contributed by atoms with Gasteiger partial charge in [0, 0.05) is 50.6 Å². The molecule has 1 fully saturated rings. The molecule has 30 heavy (non-hydrogen) atoms. The van der Waals surface area contributed by atoms with Crippen molar-refractivity contribution in [3.8, 4) is 0 Å². The van der Waals surface area contributed by atoms with Crippen LogP contribution < -0.4 is 5.32 Å². The van der Waals surface area contributed by atoms with Crippen molar-refractivity contribution in [2.45, 2.75) is 20.0 Å². The Hall–Kier alpha value is -2.77. The van der Waals surface area contributed by atoms with Gasteiger partial charge in [-0.25, -0.2) is 4.39 Å². The molecule has 0 unspecified atom stereocenters. The third kappa shape index (κ3) is 5.04. The molecule has 1 N–H and O–H groups in total. The molecule has 2 heterocycles. The lowest BCUT2D eigenvalue weighted by Gasteiger charge is -2.36. The highest BCUT2D eigenvalue weighted by Gasteiger charge is 2.20. The van der Waals surface area contributed by atoms with Crippen LogP contribution in [0.3, 0.4) is 0 Å². The highest BCUT2D eigenvalue weighted by atomic mass is 32.1. The van der Waals surface area contributed by atoms with Gasteiger partial charge in [0.15, 0.2) is 10.9 Å². The lowest BCUT2D eigenvalue weighted by Crippen LogP contribution is -2.49. The zero-order valence-corrected chi connectivity index (χ0v) is 17.9. The molecule has 7 heteroatoms. The zero-order chi connectivity index (χ0) is 20.9. The Balaban J connectivity index is 1.28. The van der Waals surface area contributed by atoms with Crippen molar-refractivity contribution in [2.24, 2.45) is 0 Å². The van der Waals surface area contributed by atoms with E-state index < -0.39 is 0 Å². The normalized spacial score (nSPS) is 14.7. The predicted molar refractivity (Wildman–Crippen MR) is 122 cm³/mol. The number of hydrogen-bond acceptors (Lipinski definition) is 3. The first kappa shape index (κ1) is 20.5. The van der Waals surface area contributed by atoms with Crippen molar-refractivity contribution in [1.82, 2.24) is 19.6 Å². The lowest BCUT2D eigenvalue weighted by atomic mass is 10.1. The lowest BCUT2D eigenvalue weighted by molar-refractivity contribution is 0.176. The fourth-order valence-electron chi connectivity index (χ4n) is 3.64. The van der Waals surface area contributed by atoms with E-state index in [1.165, 1.54) is 17.2 Å². The van der Waals surface area contributed by atoms with E-state index >= 15 is 0 Å². The molecule has 4 rings (SSSR count). The van der Waals surface area contributed by atoms with Crippen molar-refractivity contribution in [1.29, 1.82) is 0 Å². The summed E-state index contributed by atoms with van der Waals surface area (Å²) < 4.78 is 15.5. The third-order valence-corrected chi connectivity index (χ3v) is 5.84. The molecule has 3 aromatic rings. The number of aryl methyl sites for hydroxylation is 1. The van der Waals surface area contributed by atoms with Gasteiger partial charge >= 0.3 is 0 Å². The Morgan fingerprint density at radius 3 is 2.40 bits per heavy atom. The van der Waals surface area contributed by atoms with Gasteiger partial charge in [0.1, 0.15) is 5.82 Å². The van der Waals surface area contributed by atoms with Gasteiger partial charge in [0.2, 0.25) is 0 Å². The average molecular weight is 424 g/mol. The summed E-state index contributed by atoms with van der Waals surface area (Å²) >= 11 is 5.59. The van der Waals surface area contributed by atoms with Crippen LogP contribution in [0.25, 0.3) is 0 Å². The smallest absolute Gasteiger partial charge is 0.174 e. The fraction of sp³-hybridized carbons (Fsp3) is 0.304. The number of piperazine rings is 1. The minimum Gasteiger partial charge on any atom is -0.346 e. The summed E-state index contributed by atoms with van der Waals surface area (Å²) in [7, 11) is 0. The van der Waals surface area contributed by atoms with Crippen LogP contribution in [0.15, 0.2) is 60.8 Å². The van der Waals surface area contributed by atoms with Gasteiger partial charge in [0.25, 0.3) is 0 Å². The van der Waals surface area contributed by atoms with Crippen LogP contribution >= 0.6 is 12.2 Å². The van der Waals surface area contributed by atoms with Crippen LogP contribution in [0.5, 0.6) is 0 Å². The van der Waals surface area contributed by atoms with Crippen molar-refractivity contribution < 1.29 is 4.39 Å². The van der Waals surface area contributed by atoms with E-state index in [2.05, 4.69) is 51.4 Å². The number of rotatable bonds is 5. The maximum atomic E-state index is 13.8.